The quantitative estimate of drug-likeness (QED) is 0.371. The molecule has 254 valence electrons. The molecule has 3 saturated heterocycles. The van der Waals surface area contributed by atoms with Crippen LogP contribution in [0.2, 0.25) is 0 Å². The van der Waals surface area contributed by atoms with Gasteiger partial charge in [0.1, 0.15) is 11.2 Å². The van der Waals surface area contributed by atoms with Gasteiger partial charge in [-0.25, -0.2) is 18.7 Å². The van der Waals surface area contributed by atoms with Gasteiger partial charge in [0, 0.05) is 43.7 Å². The highest BCUT2D eigenvalue weighted by Crippen LogP contribution is 2.45. The molecular formula is C31H45F2N7O4S2. The van der Waals surface area contributed by atoms with Gasteiger partial charge in [-0.05, 0) is 89.7 Å². The first-order valence-electron chi connectivity index (χ1n) is 16.4. The lowest BCUT2D eigenvalue weighted by Crippen LogP contribution is -2.62. The molecule has 0 radical (unpaired) electrons. The molecule has 1 amide bonds. The SMILES string of the molecule is CCN(C(=O)c1sccc1Oc1cncnc1N1CC2(CCN(CC3CCC(NS(=O)(=O)N4CC(F)(F)C4)CC3)CC2)C1)C(C)C. The van der Waals surface area contributed by atoms with Crippen LogP contribution < -0.4 is 14.4 Å². The third-order valence-corrected chi connectivity index (χ3v) is 12.5. The van der Waals surface area contributed by atoms with Crippen LogP contribution in [0.5, 0.6) is 11.5 Å². The zero-order valence-corrected chi connectivity index (χ0v) is 28.5. The van der Waals surface area contributed by atoms with Crippen LogP contribution in [0.1, 0.15) is 69.0 Å². The molecule has 1 saturated carbocycles. The van der Waals surface area contributed by atoms with E-state index in [1.807, 2.05) is 37.1 Å². The summed E-state index contributed by atoms with van der Waals surface area (Å²) in [4.78, 5) is 29.2. The molecule has 3 aliphatic heterocycles. The van der Waals surface area contributed by atoms with Crippen molar-refractivity contribution in [2.24, 2.45) is 11.3 Å². The minimum Gasteiger partial charge on any atom is -0.450 e. The van der Waals surface area contributed by atoms with Gasteiger partial charge < -0.3 is 19.4 Å². The van der Waals surface area contributed by atoms with Crippen molar-refractivity contribution in [3.63, 3.8) is 0 Å². The third kappa shape index (κ3) is 7.18. The van der Waals surface area contributed by atoms with Crippen LogP contribution in [0.15, 0.2) is 24.0 Å². The van der Waals surface area contributed by atoms with E-state index in [0.29, 0.717) is 28.8 Å². The van der Waals surface area contributed by atoms with E-state index in [0.717, 1.165) is 81.4 Å². The Kier molecular flexibility index (Phi) is 9.60. The number of halogens is 2. The van der Waals surface area contributed by atoms with Crippen molar-refractivity contribution < 1.29 is 26.7 Å². The summed E-state index contributed by atoms with van der Waals surface area (Å²) in [6.45, 7) is 10.0. The van der Waals surface area contributed by atoms with Gasteiger partial charge in [0.15, 0.2) is 17.3 Å². The number of nitrogens with zero attached hydrogens (tertiary/aromatic N) is 6. The predicted molar refractivity (Wildman–Crippen MR) is 173 cm³/mol. The van der Waals surface area contributed by atoms with Crippen LogP contribution in [-0.4, -0.2) is 109 Å². The van der Waals surface area contributed by atoms with E-state index in [4.69, 9.17) is 4.74 Å². The van der Waals surface area contributed by atoms with Crippen molar-refractivity contribution in [3.8, 4) is 11.5 Å². The number of aromatic nitrogens is 2. The Morgan fingerprint density at radius 3 is 2.46 bits per heavy atom. The maximum absolute atomic E-state index is 13.2. The van der Waals surface area contributed by atoms with E-state index >= 15 is 0 Å². The molecule has 0 bridgehead atoms. The normalized spacial score (nSPS) is 24.9. The highest BCUT2D eigenvalue weighted by atomic mass is 32.2. The molecule has 1 aliphatic carbocycles. The van der Waals surface area contributed by atoms with Gasteiger partial charge in [-0.15, -0.1) is 11.3 Å². The van der Waals surface area contributed by atoms with Crippen LogP contribution in [0.3, 0.4) is 0 Å². The van der Waals surface area contributed by atoms with Gasteiger partial charge in [0.2, 0.25) is 0 Å². The number of hydrogen-bond donors (Lipinski definition) is 1. The molecule has 2 aromatic rings. The number of carbonyl (C=O) groups is 1. The largest absolute Gasteiger partial charge is 0.450 e. The van der Waals surface area contributed by atoms with Crippen molar-refractivity contribution in [2.45, 2.75) is 77.3 Å². The Balaban J connectivity index is 0.964. The number of hydrogen-bond acceptors (Lipinski definition) is 9. The van der Waals surface area contributed by atoms with E-state index in [2.05, 4.69) is 24.5 Å². The Hall–Kier alpha value is -2.46. The number of alkyl halides is 2. The van der Waals surface area contributed by atoms with E-state index in [1.165, 1.54) is 17.7 Å². The Morgan fingerprint density at radius 2 is 1.83 bits per heavy atom. The maximum atomic E-state index is 13.2. The molecule has 5 heterocycles. The number of anilines is 1. The summed E-state index contributed by atoms with van der Waals surface area (Å²) in [6, 6.07) is 1.74. The summed E-state index contributed by atoms with van der Waals surface area (Å²) < 4.78 is 60.9. The molecule has 1 N–H and O–H groups in total. The second-order valence-corrected chi connectivity index (χ2v) is 16.4. The van der Waals surface area contributed by atoms with Crippen molar-refractivity contribution >= 4 is 33.3 Å². The maximum Gasteiger partial charge on any atom is 0.280 e. The number of nitrogens with one attached hydrogen (secondary N) is 1. The number of amides is 1. The van der Waals surface area contributed by atoms with Crippen LogP contribution in [0.25, 0.3) is 0 Å². The monoisotopic (exact) mass is 681 g/mol. The average Bonchev–Trinajstić information content (AvgIpc) is 3.45. The number of rotatable bonds is 11. The molecule has 4 aliphatic rings. The number of thiophene rings is 1. The molecule has 0 aromatic carbocycles. The Morgan fingerprint density at radius 1 is 1.13 bits per heavy atom. The second-order valence-electron chi connectivity index (χ2n) is 13.7. The lowest BCUT2D eigenvalue weighted by molar-refractivity contribution is -0.0951. The van der Waals surface area contributed by atoms with Gasteiger partial charge in [-0.2, -0.15) is 17.4 Å². The smallest absolute Gasteiger partial charge is 0.280 e. The van der Waals surface area contributed by atoms with Crippen LogP contribution in [0, 0.1) is 11.3 Å². The fourth-order valence-electron chi connectivity index (χ4n) is 7.34. The van der Waals surface area contributed by atoms with Crippen molar-refractivity contribution in [1.82, 2.24) is 28.8 Å². The predicted octanol–water partition coefficient (Wildman–Crippen LogP) is 4.45. The third-order valence-electron chi connectivity index (χ3n) is 10.0. The number of likely N-dealkylation sites (tertiary alicyclic amines) is 1. The first kappa shape index (κ1) is 33.4. The summed E-state index contributed by atoms with van der Waals surface area (Å²) in [5, 5.41) is 1.87. The molecule has 0 atom stereocenters. The van der Waals surface area contributed by atoms with Crippen LogP contribution in [-0.2, 0) is 10.2 Å². The van der Waals surface area contributed by atoms with Gasteiger partial charge >= 0.3 is 0 Å². The molecular weight excluding hydrogens is 637 g/mol. The summed E-state index contributed by atoms with van der Waals surface area (Å²) in [7, 11) is -3.84. The first-order valence-corrected chi connectivity index (χ1v) is 18.7. The zero-order chi connectivity index (χ0) is 32.7. The molecule has 6 rings (SSSR count). The molecule has 46 heavy (non-hydrogen) atoms. The minimum absolute atomic E-state index is 0.0370. The second kappa shape index (κ2) is 13.2. The summed E-state index contributed by atoms with van der Waals surface area (Å²) >= 11 is 1.38. The zero-order valence-electron chi connectivity index (χ0n) is 26.8. The van der Waals surface area contributed by atoms with E-state index in [9.17, 15) is 22.0 Å². The highest BCUT2D eigenvalue weighted by Gasteiger charge is 2.50. The molecule has 4 fully saturated rings. The summed E-state index contributed by atoms with van der Waals surface area (Å²) in [5.41, 5.74) is 0.241. The molecule has 2 aromatic heterocycles. The lowest BCUT2D eigenvalue weighted by Gasteiger charge is -2.54. The fraction of sp³-hybridized carbons (Fsp3) is 0.710. The van der Waals surface area contributed by atoms with Crippen molar-refractivity contribution in [1.29, 1.82) is 0 Å². The lowest BCUT2D eigenvalue weighted by atomic mass is 9.71. The Bertz CT molecular complexity index is 1480. The van der Waals surface area contributed by atoms with Gasteiger partial charge in [-0.3, -0.25) is 4.79 Å². The average molecular weight is 682 g/mol. The van der Waals surface area contributed by atoms with Gasteiger partial charge in [0.25, 0.3) is 22.0 Å². The highest BCUT2D eigenvalue weighted by molar-refractivity contribution is 7.87. The summed E-state index contributed by atoms with van der Waals surface area (Å²) in [5.74, 6) is -0.604. The number of ether oxygens (including phenoxy) is 1. The van der Waals surface area contributed by atoms with Gasteiger partial charge in [0.05, 0.1) is 19.3 Å². The van der Waals surface area contributed by atoms with Crippen LogP contribution in [0.4, 0.5) is 14.6 Å². The molecule has 0 unspecified atom stereocenters. The van der Waals surface area contributed by atoms with Crippen molar-refractivity contribution in [3.05, 3.63) is 28.8 Å². The first-order chi connectivity index (χ1) is 21.9. The topological polar surface area (TPSA) is 111 Å². The van der Waals surface area contributed by atoms with Crippen molar-refractivity contribution in [2.75, 3.05) is 57.3 Å². The number of carbonyl (C=O) groups excluding carboxylic acids is 1. The van der Waals surface area contributed by atoms with E-state index in [-0.39, 0.29) is 23.4 Å². The molecule has 1 spiro atoms. The fourth-order valence-corrected chi connectivity index (χ4v) is 9.63. The standard InChI is InChI=1S/C31H45F2N7O4S2/c1-4-40(22(2)3)29(41)27-25(9-14-45-27)44-26-15-34-21-35-28(26)38-17-30(18-38)10-12-37(13-11-30)16-23-5-7-24(8-6-23)36-46(42,43)39-19-31(32,33)20-39/h9,14-15,21-24,36H,4-8,10-13,16-20H2,1-3H3. The Labute approximate surface area is 274 Å². The van der Waals surface area contributed by atoms with Crippen LogP contribution >= 0.6 is 11.3 Å². The van der Waals surface area contributed by atoms with E-state index < -0.39 is 29.2 Å². The van der Waals surface area contributed by atoms with Gasteiger partial charge in [-0.1, -0.05) is 0 Å². The minimum atomic E-state index is -3.84. The van der Waals surface area contributed by atoms with E-state index in [1.54, 1.807) is 6.20 Å². The number of piperidine rings is 1. The molecule has 15 heteroatoms. The molecule has 11 nitrogen and oxygen atoms in total. The summed E-state index contributed by atoms with van der Waals surface area (Å²) in [6.07, 6.45) is 8.75.